The third-order valence-corrected chi connectivity index (χ3v) is 5.72. The molecule has 5 heteroatoms. The van der Waals surface area contributed by atoms with Crippen molar-refractivity contribution in [2.24, 2.45) is 5.41 Å². The normalized spacial score (nSPS) is 20.3. The average Bonchev–Trinajstić information content (AvgIpc) is 2.81. The summed E-state index contributed by atoms with van der Waals surface area (Å²) in [6.07, 6.45) is 4.04. The number of nitrogens with zero attached hydrogens (tertiary/aromatic N) is 2. The van der Waals surface area contributed by atoms with Gasteiger partial charge >= 0.3 is 0 Å². The number of rotatable bonds is 3. The minimum atomic E-state index is 0.298. The highest BCUT2D eigenvalue weighted by atomic mass is 79.9. The molecule has 1 unspecified atom stereocenters. The minimum absolute atomic E-state index is 0.298. The minimum Gasteiger partial charge on any atom is -0.309 e. The lowest BCUT2D eigenvalue weighted by molar-refractivity contribution is 0.260. The number of pyridine rings is 1. The van der Waals surface area contributed by atoms with Crippen LogP contribution in [0.2, 0.25) is 0 Å². The predicted octanol–water partition coefficient (Wildman–Crippen LogP) is 4.59. The second-order valence-electron chi connectivity index (χ2n) is 6.32. The van der Waals surface area contributed by atoms with Crippen molar-refractivity contribution in [1.29, 1.82) is 0 Å². The molecule has 3 rings (SSSR count). The van der Waals surface area contributed by atoms with Crippen LogP contribution in [0.4, 0.5) is 0 Å². The summed E-state index contributed by atoms with van der Waals surface area (Å²) in [6.45, 7) is 7.81. The van der Waals surface area contributed by atoms with Crippen LogP contribution in [0, 0.1) is 5.41 Å². The predicted molar refractivity (Wildman–Crippen MR) is 91.6 cm³/mol. The van der Waals surface area contributed by atoms with Gasteiger partial charge in [0.1, 0.15) is 10.7 Å². The highest BCUT2D eigenvalue weighted by Crippen LogP contribution is 2.45. The first-order valence-corrected chi connectivity index (χ1v) is 8.95. The molecule has 2 aromatic rings. The Labute approximate surface area is 138 Å². The summed E-state index contributed by atoms with van der Waals surface area (Å²) >= 11 is 5.37. The molecule has 21 heavy (non-hydrogen) atoms. The van der Waals surface area contributed by atoms with E-state index in [0.717, 1.165) is 28.1 Å². The molecular weight excluding hydrogens is 346 g/mol. The Morgan fingerprint density at radius 2 is 2.29 bits per heavy atom. The molecule has 3 nitrogen and oxygen atoms in total. The number of hydrogen-bond donors (Lipinski definition) is 1. The number of halogens is 1. The van der Waals surface area contributed by atoms with E-state index in [0.29, 0.717) is 11.5 Å². The summed E-state index contributed by atoms with van der Waals surface area (Å²) in [4.78, 5) is 10.8. The maximum atomic E-state index is 4.90. The smallest absolute Gasteiger partial charge is 0.143 e. The van der Waals surface area contributed by atoms with Gasteiger partial charge in [-0.1, -0.05) is 20.8 Å². The van der Waals surface area contributed by atoms with Gasteiger partial charge in [0.15, 0.2) is 0 Å². The Bertz CT molecular complexity index is 651. The Balaban J connectivity index is 2.04. The fraction of sp³-hybridized carbons (Fsp3) is 0.500. The van der Waals surface area contributed by atoms with Crippen LogP contribution >= 0.6 is 27.3 Å². The van der Waals surface area contributed by atoms with Crippen LogP contribution < -0.4 is 5.32 Å². The largest absolute Gasteiger partial charge is 0.309 e. The van der Waals surface area contributed by atoms with Crippen LogP contribution in [0.3, 0.4) is 0 Å². The summed E-state index contributed by atoms with van der Waals surface area (Å²) in [6, 6.07) is 4.38. The summed E-state index contributed by atoms with van der Waals surface area (Å²) in [5, 5.41) is 4.64. The fourth-order valence-electron chi connectivity index (χ4n) is 2.99. The maximum absolute atomic E-state index is 4.90. The van der Waals surface area contributed by atoms with Gasteiger partial charge in [0, 0.05) is 21.6 Å². The number of nitrogens with one attached hydrogen (secondary N) is 1. The zero-order valence-electron chi connectivity index (χ0n) is 12.6. The van der Waals surface area contributed by atoms with E-state index in [-0.39, 0.29) is 0 Å². The van der Waals surface area contributed by atoms with Crippen LogP contribution in [-0.2, 0) is 6.42 Å². The van der Waals surface area contributed by atoms with Crippen molar-refractivity contribution < 1.29 is 0 Å². The highest BCUT2D eigenvalue weighted by molar-refractivity contribution is 9.10. The first kappa shape index (κ1) is 15.1. The zero-order valence-corrected chi connectivity index (χ0v) is 15.0. The van der Waals surface area contributed by atoms with E-state index >= 15 is 0 Å². The van der Waals surface area contributed by atoms with Gasteiger partial charge in [-0.3, -0.25) is 4.98 Å². The number of thiazole rings is 1. The van der Waals surface area contributed by atoms with Gasteiger partial charge in [-0.05, 0) is 52.9 Å². The third kappa shape index (κ3) is 3.05. The van der Waals surface area contributed by atoms with Crippen molar-refractivity contribution >= 4 is 27.3 Å². The standard InChI is InChI=1S/C16H20BrN3S/c1-4-18-11-8-16(2,3)9-12-14(11)21-15(20-12)13-10(17)6-5-7-19-13/h5-7,11,18H,4,8-9H2,1-3H3. The maximum Gasteiger partial charge on any atom is 0.143 e. The highest BCUT2D eigenvalue weighted by Gasteiger charge is 2.35. The molecule has 2 heterocycles. The molecule has 0 saturated carbocycles. The molecule has 0 aromatic carbocycles. The lowest BCUT2D eigenvalue weighted by Gasteiger charge is -2.34. The monoisotopic (exact) mass is 365 g/mol. The molecule has 1 aliphatic rings. The van der Waals surface area contributed by atoms with Gasteiger partial charge in [0.2, 0.25) is 0 Å². The topological polar surface area (TPSA) is 37.8 Å². The van der Waals surface area contributed by atoms with E-state index in [4.69, 9.17) is 4.98 Å². The van der Waals surface area contributed by atoms with Crippen LogP contribution in [0.25, 0.3) is 10.7 Å². The second kappa shape index (κ2) is 5.78. The van der Waals surface area contributed by atoms with E-state index in [1.165, 1.54) is 17.0 Å². The van der Waals surface area contributed by atoms with Crippen LogP contribution in [0.1, 0.15) is 43.8 Å². The van der Waals surface area contributed by atoms with Crippen LogP contribution in [-0.4, -0.2) is 16.5 Å². The molecule has 2 aromatic heterocycles. The molecule has 0 aliphatic heterocycles. The fourth-order valence-corrected chi connectivity index (χ4v) is 4.73. The third-order valence-electron chi connectivity index (χ3n) is 3.86. The Morgan fingerprint density at radius 1 is 1.48 bits per heavy atom. The van der Waals surface area contributed by atoms with E-state index in [9.17, 15) is 0 Å². The van der Waals surface area contributed by atoms with E-state index < -0.39 is 0 Å². The van der Waals surface area contributed by atoms with Crippen molar-refractivity contribution in [1.82, 2.24) is 15.3 Å². The summed E-state index contributed by atoms with van der Waals surface area (Å²) < 4.78 is 1.01. The molecule has 1 N–H and O–H groups in total. The number of hydrogen-bond acceptors (Lipinski definition) is 4. The SMILES string of the molecule is CCNC1CC(C)(C)Cc2nc(-c3ncccc3Br)sc21. The van der Waals surface area contributed by atoms with Crippen molar-refractivity contribution in [2.45, 2.75) is 39.7 Å². The molecule has 1 aliphatic carbocycles. The van der Waals surface area contributed by atoms with Gasteiger partial charge in [0.25, 0.3) is 0 Å². The molecule has 112 valence electrons. The Morgan fingerprint density at radius 3 is 3.00 bits per heavy atom. The number of aromatic nitrogens is 2. The first-order chi connectivity index (χ1) is 10.00. The number of fused-ring (bicyclic) bond motifs is 1. The van der Waals surface area contributed by atoms with Gasteiger partial charge in [-0.2, -0.15) is 0 Å². The first-order valence-electron chi connectivity index (χ1n) is 7.34. The van der Waals surface area contributed by atoms with Gasteiger partial charge in [-0.15, -0.1) is 11.3 Å². The molecular formula is C16H20BrN3S. The lowest BCUT2D eigenvalue weighted by atomic mass is 9.76. The Kier molecular flexibility index (Phi) is 4.17. The lowest BCUT2D eigenvalue weighted by Crippen LogP contribution is -2.32. The van der Waals surface area contributed by atoms with Crippen LogP contribution in [0.5, 0.6) is 0 Å². The van der Waals surface area contributed by atoms with Gasteiger partial charge in [0.05, 0.1) is 5.69 Å². The molecule has 0 fully saturated rings. The second-order valence-corrected chi connectivity index (χ2v) is 8.20. The van der Waals surface area contributed by atoms with E-state index in [1.54, 1.807) is 11.3 Å². The van der Waals surface area contributed by atoms with E-state index in [1.807, 2.05) is 18.3 Å². The van der Waals surface area contributed by atoms with Crippen molar-refractivity contribution in [3.05, 3.63) is 33.4 Å². The van der Waals surface area contributed by atoms with Crippen molar-refractivity contribution in [3.63, 3.8) is 0 Å². The van der Waals surface area contributed by atoms with Crippen LogP contribution in [0.15, 0.2) is 22.8 Å². The molecule has 0 saturated heterocycles. The Hall–Kier alpha value is -0.780. The molecule has 0 bridgehead atoms. The zero-order chi connectivity index (χ0) is 15.0. The molecule has 0 radical (unpaired) electrons. The molecule has 1 atom stereocenters. The summed E-state index contributed by atoms with van der Waals surface area (Å²) in [5.41, 5.74) is 2.49. The molecule has 0 amide bonds. The van der Waals surface area contributed by atoms with Gasteiger partial charge < -0.3 is 5.32 Å². The van der Waals surface area contributed by atoms with Crippen molar-refractivity contribution in [2.75, 3.05) is 6.54 Å². The quantitative estimate of drug-likeness (QED) is 0.863. The van der Waals surface area contributed by atoms with Crippen molar-refractivity contribution in [3.8, 4) is 10.7 Å². The average molecular weight is 366 g/mol. The van der Waals surface area contributed by atoms with E-state index in [2.05, 4.69) is 47.0 Å². The summed E-state index contributed by atoms with van der Waals surface area (Å²) in [5.74, 6) is 0. The molecule has 0 spiro atoms. The summed E-state index contributed by atoms with van der Waals surface area (Å²) in [7, 11) is 0. The van der Waals surface area contributed by atoms with Gasteiger partial charge in [-0.25, -0.2) is 4.98 Å².